The second-order valence-corrected chi connectivity index (χ2v) is 15.3. The van der Waals surface area contributed by atoms with Gasteiger partial charge in [0, 0.05) is 53.4 Å². The van der Waals surface area contributed by atoms with Gasteiger partial charge in [-0.2, -0.15) is 15.1 Å². The van der Waals surface area contributed by atoms with Crippen LogP contribution in [-0.4, -0.2) is 72.9 Å². The van der Waals surface area contributed by atoms with Gasteiger partial charge in [0.1, 0.15) is 29.5 Å². The number of halogens is 4. The summed E-state index contributed by atoms with van der Waals surface area (Å²) in [6.45, 7) is 10.7. The van der Waals surface area contributed by atoms with Crippen molar-refractivity contribution in [2.24, 2.45) is 11.5 Å². The molecule has 2 amide bonds. The number of sulfone groups is 1. The van der Waals surface area contributed by atoms with Crippen molar-refractivity contribution >= 4 is 50.6 Å². The molecule has 6 rings (SSSR count). The number of hydrogen-bond acceptors (Lipinski definition) is 13. The second kappa shape index (κ2) is 19.1. The summed E-state index contributed by atoms with van der Waals surface area (Å²) in [4.78, 5) is 39.3. The standard InChI is InChI=1S/C18H19F2N7O.C14H19N5O3S.C6H5F2N/c1-9-6-10(2)27(26-9)16-8-15(22-11(3)17(21)28)24-18(25-16)23-12-4-5-13(19)14(20)7-12;1-8-5-9(2)19(7-8)12-6-11(16-10(3)13(15)20)17-14(18-12)23(4,21)22;7-5-2-1-4(9)3-6(5)8/h4-8,11H,1-3H3,(H2,21,28)(H2,22,23,24,25);5-7,10H,1-4H3,(H2,15,20)(H,16,17,18);1-3H,9H2. The average molecular weight is 854 g/mol. The van der Waals surface area contributed by atoms with Crippen molar-refractivity contribution in [3.8, 4) is 11.6 Å². The van der Waals surface area contributed by atoms with Crippen molar-refractivity contribution in [2.75, 3.05) is 27.9 Å². The van der Waals surface area contributed by atoms with Gasteiger partial charge in [-0.1, -0.05) is 0 Å². The molecule has 60 heavy (non-hydrogen) atoms. The van der Waals surface area contributed by atoms with E-state index in [0.717, 1.165) is 53.2 Å². The van der Waals surface area contributed by atoms with Gasteiger partial charge < -0.3 is 37.7 Å². The average Bonchev–Trinajstić information content (AvgIpc) is 3.69. The van der Waals surface area contributed by atoms with Crippen LogP contribution in [0.1, 0.15) is 36.5 Å². The minimum absolute atomic E-state index is 0.107. The predicted molar refractivity (Wildman–Crippen MR) is 218 cm³/mol. The van der Waals surface area contributed by atoms with Crippen molar-refractivity contribution in [3.05, 3.63) is 113 Å². The maximum atomic E-state index is 13.5. The molecule has 6 aromatic rings. The van der Waals surface area contributed by atoms with E-state index in [9.17, 15) is 35.6 Å². The van der Waals surface area contributed by atoms with Crippen molar-refractivity contribution in [2.45, 2.75) is 58.8 Å². The molecule has 0 aliphatic heterocycles. The summed E-state index contributed by atoms with van der Waals surface area (Å²) in [5.41, 5.74) is 19.7. The van der Waals surface area contributed by atoms with Gasteiger partial charge in [-0.15, -0.1) is 0 Å². The number of carbonyl (C=O) groups excluding carboxylic acids is 2. The first-order chi connectivity index (χ1) is 28.0. The molecule has 2 unspecified atom stereocenters. The fourth-order valence-electron chi connectivity index (χ4n) is 5.10. The number of nitrogens with one attached hydrogen (secondary N) is 3. The zero-order valence-electron chi connectivity index (χ0n) is 33.4. The molecular formula is C38H43F4N13O4S. The third-order valence-corrected chi connectivity index (χ3v) is 8.91. The first kappa shape index (κ1) is 45.6. The highest BCUT2D eigenvalue weighted by atomic mass is 32.2. The number of hydrogen-bond donors (Lipinski definition) is 6. The van der Waals surface area contributed by atoms with Crippen LogP contribution in [0.2, 0.25) is 0 Å². The number of carbonyl (C=O) groups is 2. The Kier molecular flexibility index (Phi) is 14.5. The fraction of sp³-hybridized carbons (Fsp3) is 0.237. The number of nitrogens with zero attached hydrogens (tertiary/aromatic N) is 7. The number of nitrogen functional groups attached to an aromatic ring is 1. The lowest BCUT2D eigenvalue weighted by Crippen LogP contribution is -2.33. The zero-order valence-corrected chi connectivity index (χ0v) is 34.2. The number of nitrogens with two attached hydrogens (primary N) is 3. The molecule has 0 radical (unpaired) electrons. The van der Waals surface area contributed by atoms with E-state index in [0.29, 0.717) is 17.5 Å². The molecule has 4 heterocycles. The summed E-state index contributed by atoms with van der Waals surface area (Å²) in [6, 6.07) is 12.2. The van der Waals surface area contributed by atoms with Crippen molar-refractivity contribution in [1.82, 2.24) is 34.3 Å². The molecule has 9 N–H and O–H groups in total. The van der Waals surface area contributed by atoms with Crippen LogP contribution in [0.5, 0.6) is 0 Å². The van der Waals surface area contributed by atoms with Crippen LogP contribution in [0.4, 0.5) is 46.5 Å². The van der Waals surface area contributed by atoms with Gasteiger partial charge >= 0.3 is 0 Å². The van der Waals surface area contributed by atoms with E-state index in [1.54, 1.807) is 35.2 Å². The molecule has 22 heteroatoms. The number of anilines is 5. The van der Waals surface area contributed by atoms with Crippen molar-refractivity contribution in [1.29, 1.82) is 0 Å². The smallest absolute Gasteiger partial charge is 0.250 e. The molecule has 0 saturated heterocycles. The number of rotatable bonds is 11. The lowest BCUT2D eigenvalue weighted by Gasteiger charge is -2.14. The molecular weight excluding hydrogens is 811 g/mol. The summed E-state index contributed by atoms with van der Waals surface area (Å²) in [7, 11) is -3.61. The van der Waals surface area contributed by atoms with Gasteiger partial charge in [0.05, 0.1) is 5.69 Å². The monoisotopic (exact) mass is 853 g/mol. The number of amides is 2. The summed E-state index contributed by atoms with van der Waals surface area (Å²) in [5, 5.41) is 12.6. The van der Waals surface area contributed by atoms with E-state index < -0.39 is 57.0 Å². The molecule has 0 fully saturated rings. The normalized spacial score (nSPS) is 11.9. The second-order valence-electron chi connectivity index (χ2n) is 13.4. The van der Waals surface area contributed by atoms with E-state index in [1.165, 1.54) is 12.1 Å². The molecule has 0 aliphatic carbocycles. The molecule has 2 aromatic carbocycles. The Balaban J connectivity index is 0.000000222. The molecule has 17 nitrogen and oxygen atoms in total. The van der Waals surface area contributed by atoms with Crippen molar-refractivity contribution in [3.63, 3.8) is 0 Å². The van der Waals surface area contributed by atoms with Crippen LogP contribution in [0.15, 0.2) is 72.0 Å². The Morgan fingerprint density at radius 2 is 1.27 bits per heavy atom. The van der Waals surface area contributed by atoms with Crippen LogP contribution in [0, 0.1) is 51.0 Å². The molecule has 2 atom stereocenters. The van der Waals surface area contributed by atoms with E-state index in [-0.39, 0.29) is 28.3 Å². The third-order valence-electron chi connectivity index (χ3n) is 8.06. The lowest BCUT2D eigenvalue weighted by molar-refractivity contribution is -0.119. The Morgan fingerprint density at radius 3 is 1.75 bits per heavy atom. The Labute approximate surface area is 342 Å². The molecule has 4 aromatic heterocycles. The Hall–Kier alpha value is -7.10. The Morgan fingerprint density at radius 1 is 0.700 bits per heavy atom. The van der Waals surface area contributed by atoms with Crippen LogP contribution >= 0.6 is 0 Å². The van der Waals surface area contributed by atoms with Gasteiger partial charge in [0.2, 0.25) is 27.6 Å². The lowest BCUT2D eigenvalue weighted by atomic mass is 10.3. The predicted octanol–water partition coefficient (Wildman–Crippen LogP) is 4.71. The minimum Gasteiger partial charge on any atom is -0.399 e. The van der Waals surface area contributed by atoms with Gasteiger partial charge in [0.25, 0.3) is 5.16 Å². The van der Waals surface area contributed by atoms with Gasteiger partial charge in [0.15, 0.2) is 29.1 Å². The van der Waals surface area contributed by atoms with Gasteiger partial charge in [-0.3, -0.25) is 9.59 Å². The maximum absolute atomic E-state index is 13.5. The zero-order chi connectivity index (χ0) is 44.6. The minimum atomic E-state index is -3.61. The highest BCUT2D eigenvalue weighted by Crippen LogP contribution is 2.22. The number of aromatic nitrogens is 7. The largest absolute Gasteiger partial charge is 0.399 e. The first-order valence-electron chi connectivity index (χ1n) is 17.7. The van der Waals surface area contributed by atoms with Crippen LogP contribution in [0.25, 0.3) is 11.6 Å². The summed E-state index contributed by atoms with van der Waals surface area (Å²) >= 11 is 0. The first-order valence-corrected chi connectivity index (χ1v) is 19.6. The molecule has 0 aliphatic rings. The number of aryl methyl sites for hydroxylation is 4. The summed E-state index contributed by atoms with van der Waals surface area (Å²) in [6.07, 6.45) is 2.87. The summed E-state index contributed by atoms with van der Waals surface area (Å²) in [5.74, 6) is -3.41. The Bertz CT molecular complexity index is 2640. The molecule has 0 saturated carbocycles. The van der Waals surface area contributed by atoms with Gasteiger partial charge in [-0.25, -0.2) is 40.6 Å². The fourth-order valence-corrected chi connectivity index (χ4v) is 5.62. The van der Waals surface area contributed by atoms with E-state index in [4.69, 9.17) is 17.2 Å². The maximum Gasteiger partial charge on any atom is 0.250 e. The molecule has 0 spiro atoms. The van der Waals surface area contributed by atoms with Gasteiger partial charge in [-0.05, 0) is 89.6 Å². The SMILES string of the molecule is Cc1cc(C)n(-c2cc(NC(C)C(N)=O)nc(Nc3ccc(F)c(F)c3)n2)n1.Cc1cc(C)n(-c2cc(NC(C)C(N)=O)nc(S(C)(=O)=O)n2)c1.Nc1ccc(F)c(F)c1. The van der Waals surface area contributed by atoms with Crippen LogP contribution in [-0.2, 0) is 19.4 Å². The molecule has 0 bridgehead atoms. The third kappa shape index (κ3) is 12.4. The highest BCUT2D eigenvalue weighted by molar-refractivity contribution is 7.90. The summed E-state index contributed by atoms with van der Waals surface area (Å²) < 4.78 is 77.8. The number of primary amides is 2. The van der Waals surface area contributed by atoms with Crippen LogP contribution in [0.3, 0.4) is 0 Å². The van der Waals surface area contributed by atoms with Crippen LogP contribution < -0.4 is 33.2 Å². The molecule has 318 valence electrons. The topological polar surface area (TPSA) is 257 Å². The van der Waals surface area contributed by atoms with E-state index in [2.05, 4.69) is 41.0 Å². The van der Waals surface area contributed by atoms with E-state index >= 15 is 0 Å². The quantitative estimate of drug-likeness (QED) is 0.0588. The van der Waals surface area contributed by atoms with Crippen molar-refractivity contribution < 1.29 is 35.6 Å². The highest BCUT2D eigenvalue weighted by Gasteiger charge is 2.19. The number of benzene rings is 2. The van der Waals surface area contributed by atoms with E-state index in [1.807, 2.05) is 46.0 Å².